The van der Waals surface area contributed by atoms with Gasteiger partial charge in [0.25, 0.3) is 5.56 Å². The number of esters is 1. The van der Waals surface area contributed by atoms with Gasteiger partial charge in [0.1, 0.15) is 0 Å². The molecule has 0 N–H and O–H groups in total. The maximum Gasteiger partial charge on any atom is 0.331 e. The number of carbonyl (C=O) groups excluding carboxylic acids is 1. The lowest BCUT2D eigenvalue weighted by Gasteiger charge is -2.16. The van der Waals surface area contributed by atoms with Gasteiger partial charge in [0.05, 0.1) is 12.3 Å². The first-order valence-electron chi connectivity index (χ1n) is 8.39. The number of rotatable bonds is 5. The predicted molar refractivity (Wildman–Crippen MR) is 97.4 cm³/mol. The summed E-state index contributed by atoms with van der Waals surface area (Å²) in [6.07, 6.45) is 0.437. The highest BCUT2D eigenvalue weighted by Crippen LogP contribution is 2.23. The van der Waals surface area contributed by atoms with Crippen LogP contribution in [-0.2, 0) is 9.53 Å². The van der Waals surface area contributed by atoms with Crippen LogP contribution < -0.4 is 5.56 Å². The van der Waals surface area contributed by atoms with Crippen LogP contribution in [0.15, 0.2) is 59.4 Å². The molecule has 0 unspecified atom stereocenters. The van der Waals surface area contributed by atoms with Crippen LogP contribution in [0.1, 0.15) is 26.3 Å². The van der Waals surface area contributed by atoms with E-state index in [9.17, 15) is 9.59 Å². The van der Waals surface area contributed by atoms with Crippen LogP contribution in [0.3, 0.4) is 0 Å². The van der Waals surface area contributed by atoms with E-state index in [0.717, 1.165) is 16.3 Å². The normalized spacial score (nSPS) is 12.1. The second kappa shape index (κ2) is 7.30. The second-order valence-electron chi connectivity index (χ2n) is 5.74. The Labute approximate surface area is 145 Å². The highest BCUT2D eigenvalue weighted by atomic mass is 16.5. The molecule has 25 heavy (non-hydrogen) atoms. The number of nitrogens with zero attached hydrogens (tertiary/aromatic N) is 2. The van der Waals surface area contributed by atoms with Gasteiger partial charge in [-0.25, -0.2) is 9.48 Å². The van der Waals surface area contributed by atoms with E-state index in [1.54, 1.807) is 13.0 Å². The van der Waals surface area contributed by atoms with Crippen molar-refractivity contribution >= 4 is 16.7 Å². The Balaban J connectivity index is 2.05. The van der Waals surface area contributed by atoms with Crippen LogP contribution >= 0.6 is 0 Å². The van der Waals surface area contributed by atoms with E-state index in [0.29, 0.717) is 12.1 Å². The van der Waals surface area contributed by atoms with Crippen LogP contribution in [-0.4, -0.2) is 22.4 Å². The van der Waals surface area contributed by atoms with Crippen LogP contribution in [0.25, 0.3) is 22.0 Å². The Kier molecular flexibility index (Phi) is 4.93. The molecule has 0 bridgehead atoms. The third kappa shape index (κ3) is 3.45. The molecule has 0 fully saturated rings. The molecule has 0 radical (unpaired) electrons. The van der Waals surface area contributed by atoms with Gasteiger partial charge in [0, 0.05) is 11.6 Å². The summed E-state index contributed by atoms with van der Waals surface area (Å²) in [7, 11) is 0. The maximum absolute atomic E-state index is 12.2. The molecule has 0 amide bonds. The number of benzene rings is 2. The van der Waals surface area contributed by atoms with E-state index >= 15 is 0 Å². The van der Waals surface area contributed by atoms with E-state index in [-0.39, 0.29) is 12.2 Å². The summed E-state index contributed by atoms with van der Waals surface area (Å²) in [5, 5.41) is 6.66. The molecule has 128 valence electrons. The number of carbonyl (C=O) groups is 1. The monoisotopic (exact) mass is 336 g/mol. The molecule has 1 atom stereocenters. The molecule has 3 aromatic rings. The van der Waals surface area contributed by atoms with Gasteiger partial charge in [-0.1, -0.05) is 43.3 Å². The number of aromatic nitrogens is 2. The van der Waals surface area contributed by atoms with E-state index in [1.807, 2.05) is 49.4 Å². The lowest BCUT2D eigenvalue weighted by atomic mass is 10.1. The first kappa shape index (κ1) is 16.9. The van der Waals surface area contributed by atoms with Crippen molar-refractivity contribution in [1.29, 1.82) is 0 Å². The Morgan fingerprint density at radius 2 is 1.84 bits per heavy atom. The summed E-state index contributed by atoms with van der Waals surface area (Å²) in [4.78, 5) is 24.3. The largest absolute Gasteiger partial charge is 0.464 e. The van der Waals surface area contributed by atoms with E-state index in [4.69, 9.17) is 4.74 Å². The fourth-order valence-electron chi connectivity index (χ4n) is 2.83. The lowest BCUT2D eigenvalue weighted by Crippen LogP contribution is -2.32. The zero-order valence-corrected chi connectivity index (χ0v) is 14.3. The fraction of sp³-hybridized carbons (Fsp3) is 0.250. The van der Waals surface area contributed by atoms with Gasteiger partial charge in [-0.2, -0.15) is 5.10 Å². The smallest absolute Gasteiger partial charge is 0.331 e. The molecular weight excluding hydrogens is 316 g/mol. The molecule has 0 spiro atoms. The van der Waals surface area contributed by atoms with Crippen molar-refractivity contribution < 1.29 is 9.53 Å². The topological polar surface area (TPSA) is 61.2 Å². The first-order chi connectivity index (χ1) is 12.1. The highest BCUT2D eigenvalue weighted by molar-refractivity contribution is 5.86. The minimum Gasteiger partial charge on any atom is -0.464 e. The molecule has 0 saturated carbocycles. The standard InChI is InChI=1S/C20H20N2O3/c1-3-18(20(24)25-4-2)22-19(23)12-11-17(21-22)16-10-9-14-7-5-6-8-15(14)13-16/h5-13,18H,3-4H2,1-2H3/t18-/m0/s1. The molecule has 0 aliphatic carbocycles. The average molecular weight is 336 g/mol. The van der Waals surface area contributed by atoms with Crippen molar-refractivity contribution in [3.63, 3.8) is 0 Å². The molecule has 1 aromatic heterocycles. The number of fused-ring (bicyclic) bond motifs is 1. The minimum atomic E-state index is -0.715. The average Bonchev–Trinajstić information content (AvgIpc) is 2.63. The highest BCUT2D eigenvalue weighted by Gasteiger charge is 2.22. The van der Waals surface area contributed by atoms with Gasteiger partial charge in [-0.05, 0) is 36.2 Å². The predicted octanol–water partition coefficient (Wildman–Crippen LogP) is 3.58. The van der Waals surface area contributed by atoms with Gasteiger partial charge < -0.3 is 4.74 Å². The fourth-order valence-corrected chi connectivity index (χ4v) is 2.83. The van der Waals surface area contributed by atoms with Crippen LogP contribution in [0.2, 0.25) is 0 Å². The van der Waals surface area contributed by atoms with Crippen LogP contribution in [0.4, 0.5) is 0 Å². The molecular formula is C20H20N2O3. The van der Waals surface area contributed by atoms with Crippen molar-refractivity contribution in [1.82, 2.24) is 9.78 Å². The molecule has 5 nitrogen and oxygen atoms in total. The second-order valence-corrected chi connectivity index (χ2v) is 5.74. The van der Waals surface area contributed by atoms with Crippen LogP contribution in [0, 0.1) is 0 Å². The molecule has 1 heterocycles. The molecule has 2 aromatic carbocycles. The van der Waals surface area contributed by atoms with E-state index < -0.39 is 12.0 Å². The molecule has 3 rings (SSSR count). The third-order valence-corrected chi connectivity index (χ3v) is 4.11. The Morgan fingerprint density at radius 3 is 2.56 bits per heavy atom. The quantitative estimate of drug-likeness (QED) is 0.668. The van der Waals surface area contributed by atoms with Crippen molar-refractivity contribution in [3.05, 3.63) is 65.0 Å². The van der Waals surface area contributed by atoms with Crippen molar-refractivity contribution in [3.8, 4) is 11.3 Å². The minimum absolute atomic E-state index is 0.272. The zero-order chi connectivity index (χ0) is 17.8. The van der Waals surface area contributed by atoms with Gasteiger partial charge in [0.15, 0.2) is 6.04 Å². The summed E-state index contributed by atoms with van der Waals surface area (Å²) >= 11 is 0. The SMILES string of the molecule is CCOC(=O)[C@H](CC)n1nc(-c2ccc3ccccc3c2)ccc1=O. The summed E-state index contributed by atoms with van der Waals surface area (Å²) in [6.45, 7) is 3.85. The van der Waals surface area contributed by atoms with Gasteiger partial charge >= 0.3 is 5.97 Å². The molecule has 5 heteroatoms. The number of ether oxygens (including phenoxy) is 1. The van der Waals surface area contributed by atoms with Gasteiger partial charge in [0.2, 0.25) is 0 Å². The maximum atomic E-state index is 12.2. The van der Waals surface area contributed by atoms with Crippen LogP contribution in [0.5, 0.6) is 0 Å². The van der Waals surface area contributed by atoms with Crippen molar-refractivity contribution in [2.75, 3.05) is 6.61 Å². The number of hydrogen-bond acceptors (Lipinski definition) is 4. The van der Waals surface area contributed by atoms with E-state index in [1.165, 1.54) is 10.7 Å². The zero-order valence-electron chi connectivity index (χ0n) is 14.3. The van der Waals surface area contributed by atoms with Crippen molar-refractivity contribution in [2.24, 2.45) is 0 Å². The van der Waals surface area contributed by atoms with Crippen molar-refractivity contribution in [2.45, 2.75) is 26.3 Å². The summed E-state index contributed by atoms with van der Waals surface area (Å²) < 4.78 is 6.29. The number of hydrogen-bond donors (Lipinski definition) is 0. The van der Waals surface area contributed by atoms with Gasteiger partial charge in [-0.15, -0.1) is 0 Å². The first-order valence-corrected chi connectivity index (χ1v) is 8.39. The Hall–Kier alpha value is -2.95. The third-order valence-electron chi connectivity index (χ3n) is 4.11. The van der Waals surface area contributed by atoms with Gasteiger partial charge in [-0.3, -0.25) is 4.79 Å². The Bertz CT molecular complexity index is 962. The lowest BCUT2D eigenvalue weighted by molar-refractivity contribution is -0.147. The Morgan fingerprint density at radius 1 is 1.08 bits per heavy atom. The van der Waals surface area contributed by atoms with E-state index in [2.05, 4.69) is 5.10 Å². The summed E-state index contributed by atoms with van der Waals surface area (Å²) in [5.74, 6) is -0.435. The molecule has 0 aliphatic rings. The summed E-state index contributed by atoms with van der Waals surface area (Å²) in [5.41, 5.74) is 1.23. The summed E-state index contributed by atoms with van der Waals surface area (Å²) in [6, 6.07) is 16.5. The molecule has 0 aliphatic heterocycles. The molecule has 0 saturated heterocycles.